The van der Waals surface area contributed by atoms with Gasteiger partial charge in [-0.2, -0.15) is 0 Å². The van der Waals surface area contributed by atoms with E-state index in [4.69, 9.17) is 0 Å². The number of para-hydroxylation sites is 1. The van der Waals surface area contributed by atoms with E-state index in [1.54, 1.807) is 11.3 Å². The molecule has 3 rings (SSSR count). The first-order valence-corrected chi connectivity index (χ1v) is 6.98. The van der Waals surface area contributed by atoms with Gasteiger partial charge < -0.3 is 4.57 Å². The first-order chi connectivity index (χ1) is 8.65. The van der Waals surface area contributed by atoms with Crippen molar-refractivity contribution in [3.8, 4) is 0 Å². The first-order valence-electron chi connectivity index (χ1n) is 6.16. The van der Waals surface area contributed by atoms with E-state index < -0.39 is 0 Å². The van der Waals surface area contributed by atoms with Gasteiger partial charge >= 0.3 is 0 Å². The molecule has 0 spiro atoms. The van der Waals surface area contributed by atoms with Crippen molar-refractivity contribution in [2.75, 3.05) is 0 Å². The quantitative estimate of drug-likeness (QED) is 0.649. The zero-order valence-electron chi connectivity index (χ0n) is 10.8. The van der Waals surface area contributed by atoms with Gasteiger partial charge in [-0.3, -0.25) is 4.79 Å². The van der Waals surface area contributed by atoms with Crippen LogP contribution in [0.1, 0.15) is 17.4 Å². The number of thiophene rings is 1. The topological polar surface area (TPSA) is 22.0 Å². The van der Waals surface area contributed by atoms with E-state index in [1.165, 1.54) is 4.88 Å². The van der Waals surface area contributed by atoms with Crippen LogP contribution >= 0.6 is 11.3 Å². The Balaban J connectivity index is 2.70. The van der Waals surface area contributed by atoms with Gasteiger partial charge in [-0.25, -0.2) is 0 Å². The molecule has 2 aromatic heterocycles. The predicted octanol–water partition coefficient (Wildman–Crippen LogP) is 3.85. The van der Waals surface area contributed by atoms with Crippen molar-refractivity contribution in [1.82, 2.24) is 4.57 Å². The molecule has 0 aliphatic heterocycles. The fourth-order valence-corrected chi connectivity index (χ4v) is 3.76. The summed E-state index contributed by atoms with van der Waals surface area (Å²) in [5, 5.41) is 1.73. The Bertz CT molecular complexity index is 811. The molecule has 0 aliphatic carbocycles. The lowest BCUT2D eigenvalue weighted by molar-refractivity contribution is 0.827. The zero-order chi connectivity index (χ0) is 12.9. The molecule has 92 valence electrons. The summed E-state index contributed by atoms with van der Waals surface area (Å²) in [7, 11) is 0. The maximum atomic E-state index is 12.6. The number of aromatic nitrogens is 1. The molecular formula is C15H15NOS. The van der Waals surface area contributed by atoms with Crippen LogP contribution in [0.15, 0.2) is 29.1 Å². The summed E-state index contributed by atoms with van der Waals surface area (Å²) in [6, 6.07) is 7.89. The Morgan fingerprint density at radius 1 is 1.22 bits per heavy atom. The van der Waals surface area contributed by atoms with Crippen molar-refractivity contribution < 1.29 is 0 Å². The van der Waals surface area contributed by atoms with Gasteiger partial charge in [0.15, 0.2) is 5.43 Å². The summed E-state index contributed by atoms with van der Waals surface area (Å²) in [5.74, 6) is 0. The van der Waals surface area contributed by atoms with Crippen molar-refractivity contribution >= 4 is 32.5 Å². The van der Waals surface area contributed by atoms with Gasteiger partial charge in [0, 0.05) is 16.8 Å². The number of benzene rings is 1. The van der Waals surface area contributed by atoms with E-state index in [1.807, 2.05) is 31.2 Å². The van der Waals surface area contributed by atoms with E-state index in [2.05, 4.69) is 18.4 Å². The lowest BCUT2D eigenvalue weighted by Crippen LogP contribution is -2.09. The normalized spacial score (nSPS) is 11.5. The fourth-order valence-electron chi connectivity index (χ4n) is 2.53. The monoisotopic (exact) mass is 257 g/mol. The molecule has 3 aromatic rings. The summed E-state index contributed by atoms with van der Waals surface area (Å²) in [4.78, 5) is 14.9. The third-order valence-electron chi connectivity index (χ3n) is 3.59. The molecular weight excluding hydrogens is 242 g/mol. The highest BCUT2D eigenvalue weighted by molar-refractivity contribution is 7.18. The lowest BCUT2D eigenvalue weighted by Gasteiger charge is -2.10. The maximum absolute atomic E-state index is 12.6. The van der Waals surface area contributed by atoms with Crippen molar-refractivity contribution in [2.24, 2.45) is 0 Å². The third kappa shape index (κ3) is 1.37. The molecule has 1 aromatic carbocycles. The summed E-state index contributed by atoms with van der Waals surface area (Å²) >= 11 is 1.72. The highest BCUT2D eigenvalue weighted by Crippen LogP contribution is 2.30. The average Bonchev–Trinajstić information content (AvgIpc) is 2.67. The van der Waals surface area contributed by atoms with Crippen LogP contribution in [0.5, 0.6) is 0 Å². The highest BCUT2D eigenvalue weighted by Gasteiger charge is 2.15. The number of hydrogen-bond acceptors (Lipinski definition) is 2. The molecule has 0 bridgehead atoms. The Kier molecular flexibility index (Phi) is 2.52. The van der Waals surface area contributed by atoms with Gasteiger partial charge in [-0.1, -0.05) is 12.1 Å². The molecule has 0 N–H and O–H groups in total. The fraction of sp³-hybridized carbons (Fsp3) is 0.267. The molecule has 18 heavy (non-hydrogen) atoms. The van der Waals surface area contributed by atoms with E-state index >= 15 is 0 Å². The van der Waals surface area contributed by atoms with Crippen LogP contribution in [0.3, 0.4) is 0 Å². The van der Waals surface area contributed by atoms with Crippen LogP contribution in [-0.2, 0) is 6.54 Å². The molecule has 0 saturated carbocycles. The lowest BCUT2D eigenvalue weighted by atomic mass is 10.1. The van der Waals surface area contributed by atoms with Gasteiger partial charge in [0.25, 0.3) is 0 Å². The molecule has 3 heteroatoms. The van der Waals surface area contributed by atoms with Gasteiger partial charge in [-0.05, 0) is 38.5 Å². The third-order valence-corrected chi connectivity index (χ3v) is 4.82. The smallest absolute Gasteiger partial charge is 0.198 e. The Hall–Kier alpha value is -1.61. The number of nitrogens with zero attached hydrogens (tertiary/aromatic N) is 1. The summed E-state index contributed by atoms with van der Waals surface area (Å²) in [6.07, 6.45) is 0. The molecule has 0 radical (unpaired) electrons. The molecule has 0 aliphatic rings. The van der Waals surface area contributed by atoms with Gasteiger partial charge in [0.05, 0.1) is 10.9 Å². The summed E-state index contributed by atoms with van der Waals surface area (Å²) in [5.41, 5.74) is 2.35. The predicted molar refractivity (Wildman–Crippen MR) is 78.7 cm³/mol. The summed E-state index contributed by atoms with van der Waals surface area (Å²) in [6.45, 7) is 7.14. The van der Waals surface area contributed by atoms with Crippen LogP contribution in [-0.4, -0.2) is 4.57 Å². The second-order valence-electron chi connectivity index (χ2n) is 4.55. The van der Waals surface area contributed by atoms with Crippen molar-refractivity contribution in [2.45, 2.75) is 27.3 Å². The Morgan fingerprint density at radius 3 is 2.67 bits per heavy atom. The van der Waals surface area contributed by atoms with Crippen LogP contribution < -0.4 is 5.43 Å². The largest absolute Gasteiger partial charge is 0.332 e. The number of fused-ring (bicyclic) bond motifs is 2. The maximum Gasteiger partial charge on any atom is 0.198 e. The zero-order valence-corrected chi connectivity index (χ0v) is 11.6. The second-order valence-corrected chi connectivity index (χ2v) is 5.76. The Morgan fingerprint density at radius 2 is 1.94 bits per heavy atom. The number of rotatable bonds is 1. The van der Waals surface area contributed by atoms with E-state index in [0.717, 1.165) is 33.2 Å². The standard InChI is InChI=1S/C15H15NOS/c1-4-16-12-8-6-5-7-11(12)14(17)13-9(2)10(3)18-15(13)16/h5-8H,4H2,1-3H3. The van der Waals surface area contributed by atoms with E-state index in [0.29, 0.717) is 0 Å². The minimum Gasteiger partial charge on any atom is -0.332 e. The minimum absolute atomic E-state index is 0.173. The number of pyridine rings is 1. The molecule has 0 saturated heterocycles. The van der Waals surface area contributed by atoms with Crippen LogP contribution in [0.2, 0.25) is 0 Å². The van der Waals surface area contributed by atoms with Crippen molar-refractivity contribution in [3.63, 3.8) is 0 Å². The van der Waals surface area contributed by atoms with Crippen LogP contribution in [0, 0.1) is 13.8 Å². The molecule has 0 unspecified atom stereocenters. The molecule has 2 nitrogen and oxygen atoms in total. The number of aryl methyl sites for hydroxylation is 3. The number of hydrogen-bond donors (Lipinski definition) is 0. The van der Waals surface area contributed by atoms with E-state index in [-0.39, 0.29) is 5.43 Å². The molecule has 0 atom stereocenters. The second kappa shape index (κ2) is 3.95. The SMILES string of the molecule is CCn1c2ccccc2c(=O)c2c(C)c(C)sc21. The average molecular weight is 257 g/mol. The Labute approximate surface area is 109 Å². The summed E-state index contributed by atoms with van der Waals surface area (Å²) < 4.78 is 2.25. The van der Waals surface area contributed by atoms with Crippen LogP contribution in [0.4, 0.5) is 0 Å². The molecule has 0 amide bonds. The van der Waals surface area contributed by atoms with Gasteiger partial charge in [0.2, 0.25) is 0 Å². The highest BCUT2D eigenvalue weighted by atomic mass is 32.1. The van der Waals surface area contributed by atoms with Crippen molar-refractivity contribution in [1.29, 1.82) is 0 Å². The van der Waals surface area contributed by atoms with Gasteiger partial charge in [-0.15, -0.1) is 11.3 Å². The first kappa shape index (κ1) is 11.5. The van der Waals surface area contributed by atoms with Crippen LogP contribution in [0.25, 0.3) is 21.1 Å². The van der Waals surface area contributed by atoms with Crippen molar-refractivity contribution in [3.05, 3.63) is 44.9 Å². The minimum atomic E-state index is 0.173. The molecule has 2 heterocycles. The molecule has 0 fully saturated rings. The van der Waals surface area contributed by atoms with Gasteiger partial charge in [0.1, 0.15) is 4.83 Å². The van der Waals surface area contributed by atoms with E-state index in [9.17, 15) is 4.79 Å².